The second-order valence-electron chi connectivity index (χ2n) is 3.58. The molecule has 0 saturated heterocycles. The Kier molecular flexibility index (Phi) is 2.26. The first-order valence-corrected chi connectivity index (χ1v) is 6.55. The molecule has 1 aromatic carbocycles. The van der Waals surface area contributed by atoms with Crippen molar-refractivity contribution in [3.05, 3.63) is 51.3 Å². The standard InChI is InChI=1S/C13H9BrS/c14-11-7-6-9-3-1-4-10(9)13(11)12-5-2-8-15-12/h1-2,4-8H,3H2. The van der Waals surface area contributed by atoms with E-state index in [9.17, 15) is 0 Å². The van der Waals surface area contributed by atoms with Crippen LogP contribution >= 0.6 is 27.3 Å². The maximum atomic E-state index is 3.64. The highest BCUT2D eigenvalue weighted by molar-refractivity contribution is 9.10. The van der Waals surface area contributed by atoms with Crippen LogP contribution in [-0.2, 0) is 6.42 Å². The molecule has 15 heavy (non-hydrogen) atoms. The van der Waals surface area contributed by atoms with Crippen LogP contribution in [0.2, 0.25) is 0 Å². The van der Waals surface area contributed by atoms with E-state index in [1.807, 2.05) is 0 Å². The van der Waals surface area contributed by atoms with Crippen LogP contribution < -0.4 is 0 Å². The topological polar surface area (TPSA) is 0 Å². The van der Waals surface area contributed by atoms with Gasteiger partial charge in [-0.15, -0.1) is 11.3 Å². The lowest BCUT2D eigenvalue weighted by molar-refractivity contribution is 1.31. The largest absolute Gasteiger partial charge is 0.144 e. The molecule has 1 aliphatic rings. The van der Waals surface area contributed by atoms with Crippen molar-refractivity contribution in [1.82, 2.24) is 0 Å². The zero-order chi connectivity index (χ0) is 10.3. The van der Waals surface area contributed by atoms with Crippen LogP contribution in [0.3, 0.4) is 0 Å². The molecule has 0 amide bonds. The number of halogens is 1. The van der Waals surface area contributed by atoms with Crippen molar-refractivity contribution < 1.29 is 0 Å². The van der Waals surface area contributed by atoms with Crippen molar-refractivity contribution in [3.8, 4) is 10.4 Å². The summed E-state index contributed by atoms with van der Waals surface area (Å²) >= 11 is 5.44. The van der Waals surface area contributed by atoms with Crippen LogP contribution in [0.1, 0.15) is 11.1 Å². The van der Waals surface area contributed by atoms with Gasteiger partial charge in [0.1, 0.15) is 0 Å². The Morgan fingerprint density at radius 3 is 2.93 bits per heavy atom. The molecule has 1 heterocycles. The summed E-state index contributed by atoms with van der Waals surface area (Å²) in [5.74, 6) is 0. The average Bonchev–Trinajstić information content (AvgIpc) is 2.85. The van der Waals surface area contributed by atoms with Crippen LogP contribution in [-0.4, -0.2) is 0 Å². The molecule has 74 valence electrons. The highest BCUT2D eigenvalue weighted by atomic mass is 79.9. The van der Waals surface area contributed by atoms with Crippen molar-refractivity contribution in [3.63, 3.8) is 0 Å². The summed E-state index contributed by atoms with van der Waals surface area (Å²) < 4.78 is 1.19. The highest BCUT2D eigenvalue weighted by Gasteiger charge is 2.14. The Morgan fingerprint density at radius 2 is 2.13 bits per heavy atom. The Labute approximate surface area is 101 Å². The van der Waals surface area contributed by atoms with Crippen LogP contribution in [0, 0.1) is 0 Å². The van der Waals surface area contributed by atoms with Gasteiger partial charge in [0.2, 0.25) is 0 Å². The summed E-state index contributed by atoms with van der Waals surface area (Å²) in [7, 11) is 0. The van der Waals surface area contributed by atoms with Crippen LogP contribution in [0.15, 0.2) is 40.2 Å². The van der Waals surface area contributed by atoms with E-state index >= 15 is 0 Å². The van der Waals surface area contributed by atoms with E-state index in [0.717, 1.165) is 6.42 Å². The number of fused-ring (bicyclic) bond motifs is 1. The molecule has 1 aromatic heterocycles. The minimum absolute atomic E-state index is 1.07. The lowest BCUT2D eigenvalue weighted by atomic mass is 10.0. The molecule has 0 N–H and O–H groups in total. The number of hydrogen-bond donors (Lipinski definition) is 0. The fourth-order valence-electron chi connectivity index (χ4n) is 1.98. The monoisotopic (exact) mass is 276 g/mol. The lowest BCUT2D eigenvalue weighted by Crippen LogP contribution is -1.86. The minimum atomic E-state index is 1.07. The maximum absolute atomic E-state index is 3.64. The van der Waals surface area contributed by atoms with Gasteiger partial charge >= 0.3 is 0 Å². The summed E-state index contributed by atoms with van der Waals surface area (Å²) in [5.41, 5.74) is 4.16. The SMILES string of the molecule is Brc1ccc2c(c1-c1cccs1)C=CC2. The molecule has 0 unspecified atom stereocenters. The third-order valence-corrected chi connectivity index (χ3v) is 4.22. The predicted molar refractivity (Wildman–Crippen MR) is 70.2 cm³/mol. The van der Waals surface area contributed by atoms with Crippen molar-refractivity contribution in [2.24, 2.45) is 0 Å². The van der Waals surface area contributed by atoms with Gasteiger partial charge in [0, 0.05) is 14.9 Å². The Hall–Kier alpha value is -0.860. The van der Waals surface area contributed by atoms with Gasteiger partial charge in [-0.1, -0.05) is 40.2 Å². The average molecular weight is 277 g/mol. The predicted octanol–water partition coefficient (Wildman–Crippen LogP) is 4.75. The van der Waals surface area contributed by atoms with Gasteiger partial charge < -0.3 is 0 Å². The normalized spacial score (nSPS) is 13.1. The first-order chi connectivity index (χ1) is 7.36. The van der Waals surface area contributed by atoms with Crippen molar-refractivity contribution in [2.45, 2.75) is 6.42 Å². The molecular weight excluding hydrogens is 268 g/mol. The van der Waals surface area contributed by atoms with E-state index in [1.165, 1.54) is 26.0 Å². The molecule has 0 aliphatic heterocycles. The molecule has 1 aliphatic carbocycles. The summed E-state index contributed by atoms with van der Waals surface area (Å²) in [4.78, 5) is 1.34. The summed E-state index contributed by atoms with van der Waals surface area (Å²) in [6, 6.07) is 8.64. The van der Waals surface area contributed by atoms with Gasteiger partial charge in [0.05, 0.1) is 0 Å². The summed E-state index contributed by atoms with van der Waals surface area (Å²) in [5, 5.41) is 2.12. The molecule has 0 atom stereocenters. The number of allylic oxidation sites excluding steroid dienone is 1. The molecule has 0 nitrogen and oxygen atoms in total. The van der Waals surface area contributed by atoms with E-state index in [2.05, 4.69) is 57.7 Å². The molecule has 0 spiro atoms. The third kappa shape index (κ3) is 1.48. The van der Waals surface area contributed by atoms with E-state index in [-0.39, 0.29) is 0 Å². The first-order valence-electron chi connectivity index (χ1n) is 4.88. The van der Waals surface area contributed by atoms with Crippen LogP contribution in [0.25, 0.3) is 16.5 Å². The van der Waals surface area contributed by atoms with E-state index in [1.54, 1.807) is 11.3 Å². The van der Waals surface area contributed by atoms with E-state index < -0.39 is 0 Å². The molecule has 0 saturated carbocycles. The van der Waals surface area contributed by atoms with Crippen LogP contribution in [0.5, 0.6) is 0 Å². The number of benzene rings is 1. The fourth-order valence-corrected chi connectivity index (χ4v) is 3.47. The molecule has 2 heteroatoms. The lowest BCUT2D eigenvalue weighted by Gasteiger charge is -2.08. The van der Waals surface area contributed by atoms with Crippen molar-refractivity contribution in [1.29, 1.82) is 0 Å². The smallest absolute Gasteiger partial charge is 0.0360 e. The van der Waals surface area contributed by atoms with E-state index in [4.69, 9.17) is 0 Å². The second-order valence-corrected chi connectivity index (χ2v) is 5.38. The van der Waals surface area contributed by atoms with Gasteiger partial charge in [-0.05, 0) is 35.1 Å². The maximum Gasteiger partial charge on any atom is 0.0360 e. The zero-order valence-electron chi connectivity index (χ0n) is 8.03. The van der Waals surface area contributed by atoms with Crippen molar-refractivity contribution >= 4 is 33.3 Å². The van der Waals surface area contributed by atoms with Crippen molar-refractivity contribution in [2.75, 3.05) is 0 Å². The molecule has 0 radical (unpaired) electrons. The zero-order valence-corrected chi connectivity index (χ0v) is 10.4. The number of thiophene rings is 1. The Balaban J connectivity index is 2.30. The molecule has 3 rings (SSSR count). The second kappa shape index (κ2) is 3.62. The fraction of sp³-hybridized carbons (Fsp3) is 0.0769. The molecule has 2 aromatic rings. The molecular formula is C13H9BrS. The number of rotatable bonds is 1. The first kappa shape index (κ1) is 9.37. The summed E-state index contributed by atoms with van der Waals surface area (Å²) in [6.07, 6.45) is 5.53. The molecule has 0 fully saturated rings. The highest BCUT2D eigenvalue weighted by Crippen LogP contribution is 2.39. The van der Waals surface area contributed by atoms with Gasteiger partial charge in [-0.25, -0.2) is 0 Å². The van der Waals surface area contributed by atoms with E-state index in [0.29, 0.717) is 0 Å². The summed E-state index contributed by atoms with van der Waals surface area (Å²) in [6.45, 7) is 0. The Morgan fingerprint density at radius 1 is 1.20 bits per heavy atom. The molecule has 0 bridgehead atoms. The Bertz CT molecular complexity index is 524. The van der Waals surface area contributed by atoms with Crippen LogP contribution in [0.4, 0.5) is 0 Å². The third-order valence-electron chi connectivity index (χ3n) is 2.67. The quantitative estimate of drug-likeness (QED) is 0.705. The number of hydrogen-bond acceptors (Lipinski definition) is 1. The van der Waals surface area contributed by atoms with Gasteiger partial charge in [-0.3, -0.25) is 0 Å². The van der Waals surface area contributed by atoms with Gasteiger partial charge in [0.15, 0.2) is 0 Å². The van der Waals surface area contributed by atoms with Gasteiger partial charge in [-0.2, -0.15) is 0 Å². The van der Waals surface area contributed by atoms with Gasteiger partial charge in [0.25, 0.3) is 0 Å². The minimum Gasteiger partial charge on any atom is -0.144 e.